The molecule has 0 spiro atoms. The molecule has 1 aromatic rings. The maximum absolute atomic E-state index is 13.2. The molecule has 5 nitrogen and oxygen atoms in total. The van der Waals surface area contributed by atoms with E-state index in [1.165, 1.54) is 12.3 Å². The van der Waals surface area contributed by atoms with Gasteiger partial charge in [-0.1, -0.05) is 0 Å². The van der Waals surface area contributed by atoms with Gasteiger partial charge in [-0.05, 0) is 13.0 Å². The Morgan fingerprint density at radius 3 is 2.88 bits per heavy atom. The minimum absolute atomic E-state index is 0.0709. The van der Waals surface area contributed by atoms with Crippen molar-refractivity contribution in [2.24, 2.45) is 0 Å². The molecule has 1 rings (SSSR count). The van der Waals surface area contributed by atoms with Crippen LogP contribution in [0.1, 0.15) is 18.6 Å². The van der Waals surface area contributed by atoms with Crippen molar-refractivity contribution in [2.45, 2.75) is 19.1 Å². The highest BCUT2D eigenvalue weighted by molar-refractivity contribution is 5.75. The summed E-state index contributed by atoms with van der Waals surface area (Å²) < 4.78 is 17.7. The van der Waals surface area contributed by atoms with Crippen molar-refractivity contribution in [3.8, 4) is 0 Å². The average molecular weight is 229 g/mol. The van der Waals surface area contributed by atoms with Gasteiger partial charge in [-0.25, -0.2) is 9.18 Å². The first kappa shape index (κ1) is 12.5. The van der Waals surface area contributed by atoms with Gasteiger partial charge in [0, 0.05) is 11.8 Å². The van der Waals surface area contributed by atoms with Gasteiger partial charge in [0.2, 0.25) is 0 Å². The highest BCUT2D eigenvalue weighted by Crippen LogP contribution is 2.19. The van der Waals surface area contributed by atoms with E-state index in [2.05, 4.69) is 9.72 Å². The molecule has 0 aliphatic rings. The van der Waals surface area contributed by atoms with Crippen molar-refractivity contribution in [1.82, 2.24) is 4.98 Å². The van der Waals surface area contributed by atoms with Crippen molar-refractivity contribution < 1.29 is 24.1 Å². The third kappa shape index (κ3) is 2.74. The molecule has 1 aromatic heterocycles. The van der Waals surface area contributed by atoms with E-state index in [1.807, 2.05) is 0 Å². The number of carbonyl (C=O) groups excluding carboxylic acids is 1. The molecule has 0 saturated carbocycles. The van der Waals surface area contributed by atoms with Gasteiger partial charge in [0.15, 0.2) is 6.10 Å². The lowest BCUT2D eigenvalue weighted by molar-refractivity contribution is -0.159. The molecule has 2 unspecified atom stereocenters. The molecule has 0 fully saturated rings. The molecule has 0 amide bonds. The van der Waals surface area contributed by atoms with Crippen molar-refractivity contribution in [3.63, 3.8) is 0 Å². The molecule has 2 atom stereocenters. The van der Waals surface area contributed by atoms with E-state index in [4.69, 9.17) is 0 Å². The smallest absolute Gasteiger partial charge is 0.338 e. The molecule has 0 aromatic carbocycles. The van der Waals surface area contributed by atoms with Crippen LogP contribution < -0.4 is 0 Å². The number of hydrogen-bond acceptors (Lipinski definition) is 5. The molecule has 1 heterocycles. The van der Waals surface area contributed by atoms with Crippen molar-refractivity contribution in [1.29, 1.82) is 0 Å². The molecule has 16 heavy (non-hydrogen) atoms. The Morgan fingerprint density at radius 2 is 2.31 bits per heavy atom. The van der Waals surface area contributed by atoms with Gasteiger partial charge < -0.3 is 14.9 Å². The number of rotatable bonds is 4. The minimum atomic E-state index is -1.81. The van der Waals surface area contributed by atoms with Gasteiger partial charge in [-0.15, -0.1) is 0 Å². The summed E-state index contributed by atoms with van der Waals surface area (Å²) in [6.07, 6.45) is -1.34. The summed E-state index contributed by atoms with van der Waals surface area (Å²) in [5.41, 5.74) is -0.199. The number of halogens is 1. The van der Waals surface area contributed by atoms with Crippen LogP contribution in [0.2, 0.25) is 0 Å². The fraction of sp³-hybridized carbons (Fsp3) is 0.400. The summed E-state index contributed by atoms with van der Waals surface area (Å²) in [7, 11) is 0. The number of aromatic nitrogens is 1. The van der Waals surface area contributed by atoms with E-state index in [0.29, 0.717) is 0 Å². The van der Waals surface area contributed by atoms with Crippen LogP contribution in [0.5, 0.6) is 0 Å². The van der Waals surface area contributed by atoms with Gasteiger partial charge in [-0.2, -0.15) is 0 Å². The van der Waals surface area contributed by atoms with E-state index in [1.54, 1.807) is 6.92 Å². The molecule has 0 bridgehead atoms. The monoisotopic (exact) mass is 229 g/mol. The minimum Gasteiger partial charge on any atom is -0.464 e. The van der Waals surface area contributed by atoms with Crippen LogP contribution >= 0.6 is 0 Å². The zero-order chi connectivity index (χ0) is 12.1. The molecule has 0 saturated heterocycles. The van der Waals surface area contributed by atoms with E-state index in [9.17, 15) is 19.4 Å². The highest BCUT2D eigenvalue weighted by Gasteiger charge is 2.28. The molecule has 2 N–H and O–H groups in total. The number of aliphatic hydroxyl groups excluding tert-OH is 2. The second-order valence-electron chi connectivity index (χ2n) is 3.04. The van der Waals surface area contributed by atoms with E-state index >= 15 is 0 Å². The van der Waals surface area contributed by atoms with Gasteiger partial charge in [0.25, 0.3) is 0 Å². The van der Waals surface area contributed by atoms with Gasteiger partial charge in [-0.3, -0.25) is 4.98 Å². The summed E-state index contributed by atoms with van der Waals surface area (Å²) >= 11 is 0. The van der Waals surface area contributed by atoms with Crippen molar-refractivity contribution >= 4 is 5.97 Å². The molecule has 6 heteroatoms. The Hall–Kier alpha value is -1.53. The van der Waals surface area contributed by atoms with Crippen LogP contribution in [-0.2, 0) is 9.53 Å². The Morgan fingerprint density at radius 1 is 1.62 bits per heavy atom. The summed E-state index contributed by atoms with van der Waals surface area (Å²) in [6.45, 7) is 1.63. The standard InChI is InChI=1S/C10H12FNO4/c1-2-16-10(15)9(14)8(13)6-3-4-12-5-7(6)11/h3-5,8-9,13-14H,2H2,1H3. The number of aliphatic hydroxyl groups is 2. The summed E-state index contributed by atoms with van der Waals surface area (Å²) in [4.78, 5) is 14.6. The Bertz CT molecular complexity index is 372. The first-order valence-electron chi connectivity index (χ1n) is 4.70. The highest BCUT2D eigenvalue weighted by atomic mass is 19.1. The summed E-state index contributed by atoms with van der Waals surface area (Å²) in [5.74, 6) is -1.79. The van der Waals surface area contributed by atoms with E-state index in [-0.39, 0.29) is 12.2 Å². The fourth-order valence-corrected chi connectivity index (χ4v) is 1.15. The lowest BCUT2D eigenvalue weighted by atomic mass is 10.1. The number of hydrogen-bond donors (Lipinski definition) is 2. The van der Waals surface area contributed by atoms with E-state index in [0.717, 1.165) is 6.20 Å². The predicted molar refractivity (Wildman–Crippen MR) is 51.8 cm³/mol. The average Bonchev–Trinajstić information content (AvgIpc) is 2.28. The number of nitrogens with zero attached hydrogens (tertiary/aromatic N) is 1. The normalized spacial score (nSPS) is 14.2. The number of ether oxygens (including phenoxy) is 1. The van der Waals surface area contributed by atoms with Crippen LogP contribution in [0.25, 0.3) is 0 Å². The summed E-state index contributed by atoms with van der Waals surface area (Å²) in [5, 5.41) is 18.9. The first-order valence-corrected chi connectivity index (χ1v) is 4.70. The zero-order valence-corrected chi connectivity index (χ0v) is 8.63. The Kier molecular flexibility index (Phi) is 4.33. The predicted octanol–water partition coefficient (Wildman–Crippen LogP) is 0.178. The van der Waals surface area contributed by atoms with Gasteiger partial charge in [0.05, 0.1) is 12.8 Å². The maximum Gasteiger partial charge on any atom is 0.338 e. The Labute approximate surface area is 91.5 Å². The molecule has 0 aliphatic heterocycles. The van der Waals surface area contributed by atoms with Crippen LogP contribution in [0.3, 0.4) is 0 Å². The topological polar surface area (TPSA) is 79.7 Å². The van der Waals surface area contributed by atoms with Crippen molar-refractivity contribution in [3.05, 3.63) is 29.8 Å². The largest absolute Gasteiger partial charge is 0.464 e. The number of esters is 1. The van der Waals surface area contributed by atoms with Crippen molar-refractivity contribution in [2.75, 3.05) is 6.61 Å². The number of carbonyl (C=O) groups is 1. The molecular weight excluding hydrogens is 217 g/mol. The third-order valence-corrected chi connectivity index (χ3v) is 1.95. The van der Waals surface area contributed by atoms with Gasteiger partial charge in [0.1, 0.15) is 11.9 Å². The Balaban J connectivity index is 2.82. The summed E-state index contributed by atoms with van der Waals surface area (Å²) in [6, 6.07) is 1.18. The van der Waals surface area contributed by atoms with Crippen LogP contribution in [0.15, 0.2) is 18.5 Å². The fourth-order valence-electron chi connectivity index (χ4n) is 1.15. The van der Waals surface area contributed by atoms with E-state index < -0.39 is 24.0 Å². The lowest BCUT2D eigenvalue weighted by Gasteiger charge is -2.16. The molecule has 88 valence electrons. The quantitative estimate of drug-likeness (QED) is 0.720. The second-order valence-corrected chi connectivity index (χ2v) is 3.04. The molecular formula is C10H12FNO4. The lowest BCUT2D eigenvalue weighted by Crippen LogP contribution is -2.30. The van der Waals surface area contributed by atoms with Crippen LogP contribution in [0, 0.1) is 5.82 Å². The SMILES string of the molecule is CCOC(=O)C(O)C(O)c1ccncc1F. The maximum atomic E-state index is 13.2. The van der Waals surface area contributed by atoms with Crippen LogP contribution in [-0.4, -0.2) is 33.9 Å². The molecule has 0 radical (unpaired) electrons. The first-order chi connectivity index (χ1) is 7.57. The number of pyridine rings is 1. The van der Waals surface area contributed by atoms with Crippen LogP contribution in [0.4, 0.5) is 4.39 Å². The van der Waals surface area contributed by atoms with Gasteiger partial charge >= 0.3 is 5.97 Å². The third-order valence-electron chi connectivity index (χ3n) is 1.95. The molecule has 0 aliphatic carbocycles. The second kappa shape index (κ2) is 5.53. The zero-order valence-electron chi connectivity index (χ0n) is 8.63.